The Balaban J connectivity index is 5.46. The molecule has 0 aliphatic heterocycles. The Kier molecular flexibility index (Phi) is 45.3. The van der Waals surface area contributed by atoms with Crippen LogP contribution in [0.25, 0.3) is 0 Å². The summed E-state index contributed by atoms with van der Waals surface area (Å²) in [6.45, 7) is 6.66. The van der Waals surface area contributed by atoms with Gasteiger partial charge >= 0.3 is 5.97 Å². The normalized spacial score (nSPS) is 14.4. The average Bonchev–Trinajstić information content (AvgIpc) is 3.28. The summed E-state index contributed by atoms with van der Waals surface area (Å²) in [5.41, 5.74) is 0. The highest BCUT2D eigenvalue weighted by molar-refractivity contribution is 7.45. The van der Waals surface area contributed by atoms with Crippen molar-refractivity contribution in [1.29, 1.82) is 0 Å². The Bertz CT molecular complexity index is 1380. The molecule has 388 valence electrons. The number of carbonyl (C=O) groups is 2. The number of unbranched alkanes of at least 4 members (excludes halogenated alkanes) is 23. The van der Waals surface area contributed by atoms with Crippen LogP contribution in [0, 0.1) is 0 Å². The number of phosphoric ester groups is 1. The third-order valence-corrected chi connectivity index (χ3v) is 12.6. The van der Waals surface area contributed by atoms with Gasteiger partial charge in [0, 0.05) is 12.8 Å². The van der Waals surface area contributed by atoms with Crippen molar-refractivity contribution in [3.05, 3.63) is 72.9 Å². The van der Waals surface area contributed by atoms with Crippen LogP contribution in [0.2, 0.25) is 0 Å². The van der Waals surface area contributed by atoms with E-state index in [-0.39, 0.29) is 31.3 Å². The van der Waals surface area contributed by atoms with Gasteiger partial charge < -0.3 is 28.5 Å². The molecule has 3 atom stereocenters. The Morgan fingerprint density at radius 2 is 1.00 bits per heavy atom. The highest BCUT2D eigenvalue weighted by Gasteiger charge is 2.27. The van der Waals surface area contributed by atoms with Crippen molar-refractivity contribution < 1.29 is 37.3 Å². The fraction of sp³-hybridized carbons (Fsp3) is 0.754. The first-order chi connectivity index (χ1) is 32.4. The lowest BCUT2D eigenvalue weighted by Crippen LogP contribution is -2.47. The Labute approximate surface area is 413 Å². The van der Waals surface area contributed by atoms with Crippen molar-refractivity contribution in [2.75, 3.05) is 40.9 Å². The number of ether oxygens (including phenoxy) is 1. The van der Waals surface area contributed by atoms with E-state index in [1.165, 1.54) is 89.9 Å². The zero-order valence-electron chi connectivity index (χ0n) is 44.1. The number of nitrogens with zero attached hydrogens (tertiary/aromatic N) is 1. The van der Waals surface area contributed by atoms with E-state index in [9.17, 15) is 19.0 Å². The number of carbonyl (C=O) groups excluding carboxylic acids is 2. The molecule has 0 aliphatic carbocycles. The Hall–Kier alpha value is -2.55. The van der Waals surface area contributed by atoms with E-state index >= 15 is 0 Å². The number of phosphoric acid groups is 1. The van der Waals surface area contributed by atoms with Gasteiger partial charge in [0.1, 0.15) is 19.3 Å². The zero-order chi connectivity index (χ0) is 49.4. The molecule has 0 aromatic heterocycles. The van der Waals surface area contributed by atoms with Crippen LogP contribution in [-0.4, -0.2) is 69.4 Å². The standard InChI is InChI=1S/C57H103N2O7P/c1-7-10-13-16-19-22-25-27-29-30-31-34-37-40-43-46-49-56(60)58-54(53-65-67(62,63)64-52-51-59(4,5)6)55(48-45-42-39-36-33-24-21-18-15-12-9-3)66-57(61)50-47-44-41-38-35-32-28-26-23-20-17-14-11-8-2/h11,14,20,23,28-32,34,45,48,54-55H,7-10,12-13,15-19,21-22,24-27,33,35-44,46-47,49-53H2,1-6H3,(H-,58,60,62,63)/b14-11+,23-20+,30-29+,32-28+,34-31+,48-45+. The number of hydrogen-bond acceptors (Lipinski definition) is 7. The second-order valence-electron chi connectivity index (χ2n) is 19.4. The molecule has 0 saturated heterocycles. The highest BCUT2D eigenvalue weighted by Crippen LogP contribution is 2.38. The lowest BCUT2D eigenvalue weighted by atomic mass is 10.1. The first kappa shape index (κ1) is 64.5. The van der Waals surface area contributed by atoms with Crippen molar-refractivity contribution in [2.45, 2.75) is 238 Å². The monoisotopic (exact) mass is 959 g/mol. The molecule has 0 rings (SSSR count). The first-order valence-corrected chi connectivity index (χ1v) is 28.7. The van der Waals surface area contributed by atoms with Gasteiger partial charge in [-0.15, -0.1) is 0 Å². The number of likely N-dealkylation sites (N-methyl/N-ethyl adjacent to an activating group) is 1. The molecule has 3 unspecified atom stereocenters. The van der Waals surface area contributed by atoms with Crippen LogP contribution >= 0.6 is 7.82 Å². The fourth-order valence-electron chi connectivity index (χ4n) is 7.41. The predicted molar refractivity (Wildman–Crippen MR) is 284 cm³/mol. The molecule has 0 spiro atoms. The summed E-state index contributed by atoms with van der Waals surface area (Å²) in [5, 5.41) is 2.99. The minimum Gasteiger partial charge on any atom is -0.756 e. The minimum absolute atomic E-state index is 0.0338. The molecule has 0 radical (unpaired) electrons. The second kappa shape index (κ2) is 47.1. The summed E-state index contributed by atoms with van der Waals surface area (Å²) in [6.07, 6.45) is 58.7. The van der Waals surface area contributed by atoms with E-state index < -0.39 is 26.6 Å². The van der Waals surface area contributed by atoms with Crippen LogP contribution < -0.4 is 10.2 Å². The molecule has 9 nitrogen and oxygen atoms in total. The SMILES string of the molecule is CC/C=C/C/C=C/C/C=C/CCCCCCC(=O)OC(/C=C/CCCCCCCCCCC)C(COP(=O)([O-])OCC[N+](C)(C)C)NC(=O)CCCCC/C=C/C=C/CCCCCCCCC. The molecule has 0 saturated carbocycles. The van der Waals surface area contributed by atoms with E-state index in [1.54, 1.807) is 0 Å². The zero-order valence-corrected chi connectivity index (χ0v) is 45.0. The molecule has 0 heterocycles. The van der Waals surface area contributed by atoms with E-state index in [0.717, 1.165) is 89.9 Å². The third kappa shape index (κ3) is 48.3. The number of quaternary nitrogens is 1. The molecular weight excluding hydrogens is 856 g/mol. The summed E-state index contributed by atoms with van der Waals surface area (Å²) in [5.74, 6) is -0.602. The largest absolute Gasteiger partial charge is 0.756 e. The molecular formula is C57H103N2O7P. The molecule has 0 bridgehead atoms. The lowest BCUT2D eigenvalue weighted by molar-refractivity contribution is -0.870. The number of esters is 1. The highest BCUT2D eigenvalue weighted by atomic mass is 31.2. The molecule has 10 heteroatoms. The van der Waals surface area contributed by atoms with E-state index in [4.69, 9.17) is 13.8 Å². The van der Waals surface area contributed by atoms with Gasteiger partial charge in [-0.05, 0) is 89.5 Å². The fourth-order valence-corrected chi connectivity index (χ4v) is 8.13. The maximum atomic E-state index is 13.4. The van der Waals surface area contributed by atoms with Crippen molar-refractivity contribution >= 4 is 19.7 Å². The van der Waals surface area contributed by atoms with Crippen LogP contribution in [0.3, 0.4) is 0 Å². The van der Waals surface area contributed by atoms with Crippen molar-refractivity contribution in [3.63, 3.8) is 0 Å². The number of hydrogen-bond donors (Lipinski definition) is 1. The van der Waals surface area contributed by atoms with Crippen molar-refractivity contribution in [3.8, 4) is 0 Å². The van der Waals surface area contributed by atoms with Gasteiger partial charge in [0.15, 0.2) is 0 Å². The number of rotatable bonds is 48. The van der Waals surface area contributed by atoms with Crippen LogP contribution in [-0.2, 0) is 27.9 Å². The molecule has 0 aromatic carbocycles. The summed E-state index contributed by atoms with van der Waals surface area (Å²) in [7, 11) is 1.15. The van der Waals surface area contributed by atoms with Crippen molar-refractivity contribution in [1.82, 2.24) is 5.32 Å². The Morgan fingerprint density at radius 1 is 0.552 bits per heavy atom. The predicted octanol–water partition coefficient (Wildman–Crippen LogP) is 15.5. The van der Waals surface area contributed by atoms with Crippen LogP contribution in [0.1, 0.15) is 226 Å². The maximum Gasteiger partial charge on any atom is 0.306 e. The van der Waals surface area contributed by atoms with Crippen LogP contribution in [0.4, 0.5) is 0 Å². The summed E-state index contributed by atoms with van der Waals surface area (Å²) < 4.78 is 30.1. The quantitative estimate of drug-likeness (QED) is 0.0161. The number of amides is 1. The second-order valence-corrected chi connectivity index (χ2v) is 20.8. The minimum atomic E-state index is -4.70. The van der Waals surface area contributed by atoms with Gasteiger partial charge in [-0.2, -0.15) is 0 Å². The van der Waals surface area contributed by atoms with E-state index in [2.05, 4.69) is 86.8 Å². The van der Waals surface area contributed by atoms with Gasteiger partial charge in [-0.25, -0.2) is 0 Å². The third-order valence-electron chi connectivity index (χ3n) is 11.6. The van der Waals surface area contributed by atoms with Gasteiger partial charge in [0.25, 0.3) is 7.82 Å². The summed E-state index contributed by atoms with van der Waals surface area (Å²) in [4.78, 5) is 39.7. The average molecular weight is 959 g/mol. The van der Waals surface area contributed by atoms with Gasteiger partial charge in [0.2, 0.25) is 5.91 Å². The molecule has 1 N–H and O–H groups in total. The van der Waals surface area contributed by atoms with Gasteiger partial charge in [-0.3, -0.25) is 14.2 Å². The van der Waals surface area contributed by atoms with Crippen molar-refractivity contribution in [2.24, 2.45) is 0 Å². The number of nitrogens with one attached hydrogen (secondary N) is 1. The molecule has 0 fully saturated rings. The molecule has 67 heavy (non-hydrogen) atoms. The topological polar surface area (TPSA) is 114 Å². The summed E-state index contributed by atoms with van der Waals surface area (Å²) >= 11 is 0. The maximum absolute atomic E-state index is 13.4. The first-order valence-electron chi connectivity index (χ1n) is 27.3. The van der Waals surface area contributed by atoms with Crippen LogP contribution in [0.5, 0.6) is 0 Å². The van der Waals surface area contributed by atoms with Crippen LogP contribution in [0.15, 0.2) is 72.9 Å². The molecule has 0 aliphatic rings. The van der Waals surface area contributed by atoms with Gasteiger partial charge in [0.05, 0.1) is 33.8 Å². The smallest absolute Gasteiger partial charge is 0.306 e. The van der Waals surface area contributed by atoms with Gasteiger partial charge in [-0.1, -0.05) is 197 Å². The lowest BCUT2D eigenvalue weighted by Gasteiger charge is -2.30. The van der Waals surface area contributed by atoms with E-state index in [0.29, 0.717) is 23.9 Å². The molecule has 1 amide bonds. The van der Waals surface area contributed by atoms with E-state index in [1.807, 2.05) is 33.3 Å². The molecule has 0 aromatic rings. The number of allylic oxidation sites excluding steroid dienone is 11. The summed E-state index contributed by atoms with van der Waals surface area (Å²) in [6, 6.07) is -0.912. The Morgan fingerprint density at radius 3 is 1.54 bits per heavy atom.